The summed E-state index contributed by atoms with van der Waals surface area (Å²) in [7, 11) is 2.13. The number of nitrogens with one attached hydrogen (secondary N) is 1. The molecule has 6 fully saturated rings. The van der Waals surface area contributed by atoms with Gasteiger partial charge in [-0.1, -0.05) is 51.3 Å². The number of rotatable bonds is 17. The molecule has 424 valence electrons. The van der Waals surface area contributed by atoms with E-state index in [0.29, 0.717) is 50.5 Å². The largest absolute Gasteiger partial charge is 0.481 e. The van der Waals surface area contributed by atoms with E-state index in [1.165, 1.54) is 22.3 Å². The Hall–Kier alpha value is -4.22. The number of esters is 1. The van der Waals surface area contributed by atoms with Crippen LogP contribution in [0.5, 0.6) is 0 Å². The average molecular weight is 1070 g/mol. The number of likely N-dealkylation sites (N-methyl/N-ethyl adjacent to an activating group) is 1. The van der Waals surface area contributed by atoms with E-state index in [0.717, 1.165) is 82.9 Å². The molecule has 13 nitrogen and oxygen atoms in total. The predicted molar refractivity (Wildman–Crippen MR) is 295 cm³/mol. The number of amides is 1. The fourth-order valence-electron chi connectivity index (χ4n) is 17.8. The minimum atomic E-state index is -1.01. The number of carbonyl (C=O) groups is 4. The first-order chi connectivity index (χ1) is 36.5. The number of carbonyl (C=O) groups excluding carboxylic acids is 3. The third kappa shape index (κ3) is 11.3. The molecule has 1 amide bonds. The molecular weight excluding hydrogens is 973 g/mol. The van der Waals surface area contributed by atoms with E-state index in [4.69, 9.17) is 18.9 Å². The topological polar surface area (TPSA) is 181 Å². The molecule has 13 heteroatoms. The van der Waals surface area contributed by atoms with Gasteiger partial charge in [0.25, 0.3) is 0 Å². The maximum atomic E-state index is 13.0. The molecule has 16 atom stereocenters. The van der Waals surface area contributed by atoms with Gasteiger partial charge in [0.1, 0.15) is 11.2 Å². The monoisotopic (exact) mass is 1060 g/mol. The van der Waals surface area contributed by atoms with Gasteiger partial charge in [0.15, 0.2) is 12.6 Å². The van der Waals surface area contributed by atoms with E-state index in [2.05, 4.69) is 81.1 Å². The normalized spacial score (nSPS) is 37.5. The molecule has 0 heterocycles. The number of nitrogens with zero attached hydrogens (tertiary/aromatic N) is 1. The van der Waals surface area contributed by atoms with E-state index >= 15 is 0 Å². The second-order valence-corrected chi connectivity index (χ2v) is 26.9. The number of ketones is 1. The molecule has 77 heavy (non-hydrogen) atoms. The van der Waals surface area contributed by atoms with Crippen molar-refractivity contribution in [1.82, 2.24) is 5.32 Å². The van der Waals surface area contributed by atoms with Crippen LogP contribution in [-0.2, 0) is 33.3 Å². The number of hydrogen-bond donors (Lipinski definition) is 4. The summed E-state index contributed by atoms with van der Waals surface area (Å²) in [5.74, 6) is 7.50. The molecular formula is C64H92N2O11. The van der Waals surface area contributed by atoms with Crippen LogP contribution in [0.25, 0.3) is 0 Å². The van der Waals surface area contributed by atoms with E-state index in [1.807, 2.05) is 13.0 Å². The van der Waals surface area contributed by atoms with Crippen LogP contribution in [0.1, 0.15) is 182 Å². The van der Waals surface area contributed by atoms with Crippen LogP contribution in [0, 0.1) is 75.4 Å². The zero-order valence-corrected chi connectivity index (χ0v) is 47.9. The molecule has 8 aliphatic carbocycles. The molecule has 0 saturated heterocycles. The summed E-state index contributed by atoms with van der Waals surface area (Å²) in [6.45, 7) is 17.8. The summed E-state index contributed by atoms with van der Waals surface area (Å²) in [5, 5.41) is 36.8. The third-order valence-corrected chi connectivity index (χ3v) is 21.8. The lowest BCUT2D eigenvalue weighted by Crippen LogP contribution is -2.63. The van der Waals surface area contributed by atoms with Crippen molar-refractivity contribution in [2.24, 2.45) is 63.6 Å². The van der Waals surface area contributed by atoms with Gasteiger partial charge in [-0.15, -0.1) is 5.92 Å². The van der Waals surface area contributed by atoms with E-state index in [1.54, 1.807) is 20.8 Å². The Morgan fingerprint density at radius 2 is 1.69 bits per heavy atom. The van der Waals surface area contributed by atoms with E-state index < -0.39 is 29.4 Å². The highest BCUT2D eigenvalue weighted by atomic mass is 16.7. The third-order valence-electron chi connectivity index (χ3n) is 21.8. The van der Waals surface area contributed by atoms with Crippen molar-refractivity contribution in [2.45, 2.75) is 206 Å². The van der Waals surface area contributed by atoms with Crippen LogP contribution < -0.4 is 10.2 Å². The van der Waals surface area contributed by atoms with Crippen molar-refractivity contribution in [3.63, 3.8) is 0 Å². The van der Waals surface area contributed by atoms with Crippen molar-refractivity contribution in [3.8, 4) is 11.8 Å². The fraction of sp³-hybridized carbons (Fsp3) is 0.750. The molecule has 1 aromatic carbocycles. The van der Waals surface area contributed by atoms with Crippen LogP contribution in [-0.4, -0.2) is 102 Å². The van der Waals surface area contributed by atoms with Gasteiger partial charge in [-0.05, 0) is 217 Å². The van der Waals surface area contributed by atoms with Crippen LogP contribution in [0.3, 0.4) is 0 Å². The Bertz CT molecular complexity index is 2490. The highest BCUT2D eigenvalue weighted by molar-refractivity contribution is 5.93. The summed E-state index contributed by atoms with van der Waals surface area (Å²) in [4.78, 5) is 51.7. The first-order valence-corrected chi connectivity index (χ1v) is 29.7. The standard InChI is InChI=1S/C64H92N2O11/c1-10-27-64(73)29-26-50-47-20-16-41-33-44(67)19-21-46(41)57(47)48(37-62(50,64)7)40-14-17-43(18-15-40)66(9)31-32-74-45-25-28-61(6)42(34-45)35-53(75-38-76-56(71)12-11-30-65-59(72)77-60(3,4)5)58-51-23-22-49(39(2)13-24-55(69)70)63(51,8)54(68)36-52(58)61/h14-15,17-18,33,39,42,45,47-54,58,68,73H,11-13,16,19-26,28-32,34-38H2,1-9H3,(H,65,72)(H,69,70)/t39-,42+,45+,47?,48-,49-,50?,51+,52+,53-,54+,58+,61+,62+,63-,64+/m1/s1. The number of benzene rings is 1. The number of carboxylic acid groups (broad SMARTS) is 1. The summed E-state index contributed by atoms with van der Waals surface area (Å²) in [6.07, 6.45) is 14.0. The van der Waals surface area contributed by atoms with Gasteiger partial charge in [-0.2, -0.15) is 0 Å². The molecule has 8 aliphatic rings. The Labute approximate surface area is 459 Å². The Morgan fingerprint density at radius 3 is 2.42 bits per heavy atom. The van der Waals surface area contributed by atoms with Crippen LogP contribution >= 0.6 is 0 Å². The van der Waals surface area contributed by atoms with Crippen LogP contribution in [0.15, 0.2) is 47.1 Å². The van der Waals surface area contributed by atoms with E-state index in [-0.39, 0.29) is 108 Å². The summed E-state index contributed by atoms with van der Waals surface area (Å²) in [5.41, 5.74) is 4.17. The van der Waals surface area contributed by atoms with Crippen molar-refractivity contribution >= 4 is 29.5 Å². The molecule has 0 aliphatic heterocycles. The molecule has 6 saturated carbocycles. The van der Waals surface area contributed by atoms with Crippen molar-refractivity contribution in [2.75, 3.05) is 38.4 Å². The van der Waals surface area contributed by atoms with Crippen molar-refractivity contribution in [3.05, 3.63) is 52.6 Å². The Kier molecular flexibility index (Phi) is 17.0. The van der Waals surface area contributed by atoms with Gasteiger partial charge in [-0.3, -0.25) is 14.4 Å². The van der Waals surface area contributed by atoms with Crippen LogP contribution in [0.4, 0.5) is 10.5 Å². The van der Waals surface area contributed by atoms with Gasteiger partial charge in [0.05, 0.1) is 24.9 Å². The fourth-order valence-corrected chi connectivity index (χ4v) is 17.8. The van der Waals surface area contributed by atoms with Gasteiger partial charge >= 0.3 is 18.0 Å². The molecule has 0 radical (unpaired) electrons. The lowest BCUT2D eigenvalue weighted by atomic mass is 9.43. The Morgan fingerprint density at radius 1 is 0.922 bits per heavy atom. The van der Waals surface area contributed by atoms with Gasteiger partial charge < -0.3 is 44.5 Å². The van der Waals surface area contributed by atoms with Crippen LogP contribution in [0.2, 0.25) is 0 Å². The number of aliphatic carboxylic acids is 1. The number of ether oxygens (including phenoxy) is 4. The minimum Gasteiger partial charge on any atom is -0.481 e. The second kappa shape index (κ2) is 22.7. The quantitative estimate of drug-likeness (QED) is 0.0502. The SMILES string of the molecule is CC#C[C@]1(O)CCC2C3CCC4=CC(=O)CCC4=C3[C@@H](c3ccc(N(C)CCO[C@H]4CC[C@@]5(C)[C@@H](C4)C[C@@H](OCOC(=O)CCCNC(=O)OC(C)(C)C)[C@@H]4[C@@H]5C[C@H](O)[C@]5(C)[C@@H]([C@H](C)CCC(=O)O)CC[C@@H]45)cc3)C[C@@]21C. The number of carboxylic acids is 1. The maximum absolute atomic E-state index is 13.0. The number of hydrogen-bond acceptors (Lipinski definition) is 11. The number of allylic oxidation sites excluding steroid dienone is 4. The number of anilines is 1. The predicted octanol–water partition coefficient (Wildman–Crippen LogP) is 11.1. The van der Waals surface area contributed by atoms with Gasteiger partial charge in [0, 0.05) is 56.4 Å². The first kappa shape index (κ1) is 57.5. The Balaban J connectivity index is 0.851. The summed E-state index contributed by atoms with van der Waals surface area (Å²) >= 11 is 0. The van der Waals surface area contributed by atoms with E-state index in [9.17, 15) is 34.5 Å². The lowest BCUT2D eigenvalue weighted by Gasteiger charge is -2.64. The first-order valence-electron chi connectivity index (χ1n) is 29.7. The number of aliphatic hydroxyl groups is 2. The van der Waals surface area contributed by atoms with Gasteiger partial charge in [-0.25, -0.2) is 4.79 Å². The summed E-state index contributed by atoms with van der Waals surface area (Å²) < 4.78 is 24.6. The number of fused-ring (bicyclic) bond motifs is 9. The molecule has 0 aromatic heterocycles. The molecule has 0 spiro atoms. The second-order valence-electron chi connectivity index (χ2n) is 26.9. The highest BCUT2D eigenvalue weighted by Gasteiger charge is 2.67. The average Bonchev–Trinajstić information content (AvgIpc) is 4.07. The number of aliphatic hydroxyl groups excluding tert-OH is 1. The zero-order valence-electron chi connectivity index (χ0n) is 47.9. The minimum absolute atomic E-state index is 0.0345. The maximum Gasteiger partial charge on any atom is 0.407 e. The molecule has 9 rings (SSSR count). The van der Waals surface area contributed by atoms with Gasteiger partial charge in [0.2, 0.25) is 0 Å². The molecule has 4 N–H and O–H groups in total. The summed E-state index contributed by atoms with van der Waals surface area (Å²) in [6, 6.07) is 9.05. The molecule has 2 unspecified atom stereocenters. The highest BCUT2D eigenvalue weighted by Crippen LogP contribution is 2.70. The zero-order chi connectivity index (χ0) is 55.2. The molecule has 0 bridgehead atoms. The van der Waals surface area contributed by atoms with Crippen molar-refractivity contribution in [1.29, 1.82) is 0 Å². The van der Waals surface area contributed by atoms with Crippen molar-refractivity contribution < 1.29 is 53.4 Å². The molecule has 1 aromatic rings. The lowest BCUT2D eigenvalue weighted by molar-refractivity contribution is -0.232. The number of alkyl carbamates (subject to hydrolysis) is 1. The smallest absolute Gasteiger partial charge is 0.407 e.